The van der Waals surface area contributed by atoms with Crippen molar-refractivity contribution < 1.29 is 4.79 Å². The van der Waals surface area contributed by atoms with Crippen molar-refractivity contribution in [3.8, 4) is 0 Å². The van der Waals surface area contributed by atoms with E-state index >= 15 is 0 Å². The monoisotopic (exact) mass is 331 g/mol. The van der Waals surface area contributed by atoms with Crippen LogP contribution in [-0.2, 0) is 11.3 Å². The van der Waals surface area contributed by atoms with Gasteiger partial charge in [0.1, 0.15) is 6.54 Å². The maximum Gasteiger partial charge on any atom is 0.260 e. The molecule has 0 atom stereocenters. The molecule has 0 saturated carbocycles. The van der Waals surface area contributed by atoms with E-state index in [0.717, 1.165) is 24.1 Å². The fourth-order valence-corrected chi connectivity index (χ4v) is 2.18. The minimum Gasteiger partial charge on any atom is -0.306 e. The van der Waals surface area contributed by atoms with Crippen molar-refractivity contribution in [2.24, 2.45) is 5.10 Å². The van der Waals surface area contributed by atoms with Crippen LogP contribution in [0.4, 0.5) is 0 Å². The van der Waals surface area contributed by atoms with Gasteiger partial charge in [0.15, 0.2) is 0 Å². The highest BCUT2D eigenvalue weighted by atomic mass is 35.5. The fourth-order valence-electron chi connectivity index (χ4n) is 2.06. The van der Waals surface area contributed by atoms with Crippen molar-refractivity contribution in [2.75, 3.05) is 0 Å². The standard InChI is InChI=1S/C17H18ClN3O2/c1-2-5-15(13-7-9-14(18)10-8-13)19-20-16(22)12-21-11-4-3-6-17(21)23/h3-4,6-11H,2,5,12H2,1H3,(H,20,22)/b19-15-. The molecular weight excluding hydrogens is 314 g/mol. The second kappa shape index (κ2) is 8.29. The molecule has 0 aliphatic rings. The van der Waals surface area contributed by atoms with Crippen LogP contribution in [0.25, 0.3) is 0 Å². The van der Waals surface area contributed by atoms with Gasteiger partial charge in [0, 0.05) is 17.3 Å². The maximum absolute atomic E-state index is 12.0. The topological polar surface area (TPSA) is 63.5 Å². The van der Waals surface area contributed by atoms with Crippen LogP contribution in [-0.4, -0.2) is 16.2 Å². The van der Waals surface area contributed by atoms with E-state index in [1.165, 1.54) is 10.6 Å². The molecule has 1 N–H and O–H groups in total. The van der Waals surface area contributed by atoms with Crippen molar-refractivity contribution in [3.05, 3.63) is 69.6 Å². The van der Waals surface area contributed by atoms with E-state index in [0.29, 0.717) is 5.02 Å². The Hall–Kier alpha value is -2.40. The van der Waals surface area contributed by atoms with Crippen LogP contribution in [0.15, 0.2) is 58.6 Å². The van der Waals surface area contributed by atoms with Gasteiger partial charge < -0.3 is 4.57 Å². The number of amides is 1. The minimum absolute atomic E-state index is 0.0663. The first-order valence-electron chi connectivity index (χ1n) is 7.37. The third-order valence-electron chi connectivity index (χ3n) is 3.19. The zero-order valence-electron chi connectivity index (χ0n) is 12.8. The number of aromatic nitrogens is 1. The summed E-state index contributed by atoms with van der Waals surface area (Å²) >= 11 is 5.88. The van der Waals surface area contributed by atoms with Gasteiger partial charge in [-0.2, -0.15) is 5.10 Å². The van der Waals surface area contributed by atoms with Gasteiger partial charge in [0.2, 0.25) is 0 Å². The summed E-state index contributed by atoms with van der Waals surface area (Å²) in [5.74, 6) is -0.346. The Kier molecular flexibility index (Phi) is 6.11. The van der Waals surface area contributed by atoms with Gasteiger partial charge in [0.05, 0.1) is 5.71 Å². The normalized spacial score (nSPS) is 11.3. The zero-order chi connectivity index (χ0) is 16.7. The Morgan fingerprint density at radius 3 is 2.61 bits per heavy atom. The smallest absolute Gasteiger partial charge is 0.260 e. The largest absolute Gasteiger partial charge is 0.306 e. The molecule has 0 spiro atoms. The summed E-state index contributed by atoms with van der Waals surface area (Å²) in [6.45, 7) is 1.97. The molecule has 2 rings (SSSR count). The van der Waals surface area contributed by atoms with E-state index in [-0.39, 0.29) is 18.0 Å². The lowest BCUT2D eigenvalue weighted by atomic mass is 10.1. The van der Waals surface area contributed by atoms with E-state index in [1.54, 1.807) is 30.5 Å². The molecule has 0 bridgehead atoms. The first kappa shape index (κ1) is 17.0. The van der Waals surface area contributed by atoms with Crippen LogP contribution < -0.4 is 11.0 Å². The third kappa shape index (κ3) is 5.07. The first-order valence-corrected chi connectivity index (χ1v) is 7.74. The van der Waals surface area contributed by atoms with Gasteiger partial charge in [-0.3, -0.25) is 9.59 Å². The number of hydrogen-bond acceptors (Lipinski definition) is 3. The number of carbonyl (C=O) groups is 1. The van der Waals surface area contributed by atoms with Crippen molar-refractivity contribution in [3.63, 3.8) is 0 Å². The molecule has 0 unspecified atom stereocenters. The average molecular weight is 332 g/mol. The molecule has 1 aromatic carbocycles. The number of nitrogens with zero attached hydrogens (tertiary/aromatic N) is 2. The predicted molar refractivity (Wildman–Crippen MR) is 91.7 cm³/mol. The van der Waals surface area contributed by atoms with Gasteiger partial charge in [0.25, 0.3) is 11.5 Å². The Balaban J connectivity index is 2.08. The highest BCUT2D eigenvalue weighted by Crippen LogP contribution is 2.12. The third-order valence-corrected chi connectivity index (χ3v) is 3.44. The number of hydrazone groups is 1. The van der Waals surface area contributed by atoms with Crippen LogP contribution in [0.5, 0.6) is 0 Å². The van der Waals surface area contributed by atoms with Gasteiger partial charge in [-0.05, 0) is 30.2 Å². The number of hydrogen-bond donors (Lipinski definition) is 1. The second-order valence-corrected chi connectivity index (χ2v) is 5.45. The lowest BCUT2D eigenvalue weighted by molar-refractivity contribution is -0.121. The van der Waals surface area contributed by atoms with Crippen LogP contribution in [0, 0.1) is 0 Å². The molecule has 1 heterocycles. The molecule has 0 radical (unpaired) electrons. The Morgan fingerprint density at radius 1 is 1.22 bits per heavy atom. The molecule has 23 heavy (non-hydrogen) atoms. The lowest BCUT2D eigenvalue weighted by Crippen LogP contribution is -2.29. The molecule has 0 saturated heterocycles. The summed E-state index contributed by atoms with van der Waals surface area (Å²) in [7, 11) is 0. The molecule has 1 amide bonds. The van der Waals surface area contributed by atoms with Crippen molar-refractivity contribution in [1.29, 1.82) is 0 Å². The highest BCUT2D eigenvalue weighted by Gasteiger charge is 2.06. The van der Waals surface area contributed by atoms with Crippen molar-refractivity contribution >= 4 is 23.2 Å². The summed E-state index contributed by atoms with van der Waals surface area (Å²) in [5.41, 5.74) is 3.98. The Bertz CT molecular complexity index is 751. The van der Waals surface area contributed by atoms with E-state index in [4.69, 9.17) is 11.6 Å². The maximum atomic E-state index is 12.0. The number of nitrogens with one attached hydrogen (secondary N) is 1. The molecule has 0 aliphatic carbocycles. The molecule has 5 nitrogen and oxygen atoms in total. The van der Waals surface area contributed by atoms with Crippen LogP contribution in [0.1, 0.15) is 25.3 Å². The minimum atomic E-state index is -0.346. The predicted octanol–water partition coefficient (Wildman–Crippen LogP) is 2.82. The molecule has 6 heteroatoms. The number of pyridine rings is 1. The quantitative estimate of drug-likeness (QED) is 0.653. The van der Waals surface area contributed by atoms with Crippen LogP contribution in [0.2, 0.25) is 5.02 Å². The van der Waals surface area contributed by atoms with E-state index < -0.39 is 0 Å². The molecule has 0 aliphatic heterocycles. The summed E-state index contributed by atoms with van der Waals surface area (Å²) in [5, 5.41) is 4.85. The Morgan fingerprint density at radius 2 is 1.96 bits per heavy atom. The highest BCUT2D eigenvalue weighted by molar-refractivity contribution is 6.30. The fraction of sp³-hybridized carbons (Fsp3) is 0.235. The van der Waals surface area contributed by atoms with Gasteiger partial charge >= 0.3 is 0 Å². The van der Waals surface area contributed by atoms with E-state index in [9.17, 15) is 9.59 Å². The number of carbonyl (C=O) groups excluding carboxylic acids is 1. The molecular formula is C17H18ClN3O2. The lowest BCUT2D eigenvalue weighted by Gasteiger charge is -2.07. The van der Waals surface area contributed by atoms with Gasteiger partial charge in [-0.1, -0.05) is 43.1 Å². The summed E-state index contributed by atoms with van der Waals surface area (Å²) < 4.78 is 1.33. The molecule has 0 fully saturated rings. The SMILES string of the molecule is CCC/C(=N/NC(=O)Cn1ccccc1=O)c1ccc(Cl)cc1. The van der Waals surface area contributed by atoms with Crippen molar-refractivity contribution in [2.45, 2.75) is 26.3 Å². The summed E-state index contributed by atoms with van der Waals surface area (Å²) in [4.78, 5) is 23.5. The van der Waals surface area contributed by atoms with Gasteiger partial charge in [-0.15, -0.1) is 0 Å². The summed E-state index contributed by atoms with van der Waals surface area (Å²) in [6.07, 6.45) is 3.19. The average Bonchev–Trinajstić information content (AvgIpc) is 2.54. The Labute approximate surface area is 139 Å². The van der Waals surface area contributed by atoms with E-state index in [2.05, 4.69) is 10.5 Å². The zero-order valence-corrected chi connectivity index (χ0v) is 13.6. The molecule has 1 aromatic heterocycles. The molecule has 120 valence electrons. The van der Waals surface area contributed by atoms with Crippen molar-refractivity contribution in [1.82, 2.24) is 9.99 Å². The summed E-state index contributed by atoms with van der Waals surface area (Å²) in [6, 6.07) is 12.0. The van der Waals surface area contributed by atoms with Crippen LogP contribution >= 0.6 is 11.6 Å². The van der Waals surface area contributed by atoms with Gasteiger partial charge in [-0.25, -0.2) is 5.43 Å². The number of halogens is 1. The van der Waals surface area contributed by atoms with E-state index in [1.807, 2.05) is 19.1 Å². The number of rotatable bonds is 6. The molecule has 2 aromatic rings. The second-order valence-electron chi connectivity index (χ2n) is 5.02. The first-order chi connectivity index (χ1) is 11.1. The number of benzene rings is 1. The van der Waals surface area contributed by atoms with Crippen LogP contribution in [0.3, 0.4) is 0 Å².